The summed E-state index contributed by atoms with van der Waals surface area (Å²) in [6, 6.07) is 8.60. The maximum Gasteiger partial charge on any atom is 0.238 e. The molecule has 0 aliphatic rings. The number of benzene rings is 1. The second kappa shape index (κ2) is 10.3. The monoisotopic (exact) mass is 409 g/mol. The summed E-state index contributed by atoms with van der Waals surface area (Å²) in [7, 11) is 3.26. The molecule has 2 aromatic rings. The van der Waals surface area contributed by atoms with Crippen molar-refractivity contribution in [2.45, 2.75) is 19.4 Å². The van der Waals surface area contributed by atoms with Crippen LogP contribution < -0.4 is 15.4 Å². The predicted molar refractivity (Wildman–Crippen MR) is 110 cm³/mol. The third-order valence-corrected chi connectivity index (χ3v) is 5.29. The van der Waals surface area contributed by atoms with Crippen LogP contribution in [0.4, 0.5) is 5.69 Å². The summed E-state index contributed by atoms with van der Waals surface area (Å²) in [4.78, 5) is 27.5. The molecule has 1 aromatic carbocycles. The van der Waals surface area contributed by atoms with Gasteiger partial charge in [-0.1, -0.05) is 17.7 Å². The molecule has 2 amide bonds. The van der Waals surface area contributed by atoms with Gasteiger partial charge in [0.05, 0.1) is 25.4 Å². The molecule has 8 heteroatoms. The molecule has 2 N–H and O–H groups in total. The first kappa shape index (κ1) is 21.2. The second-order valence-electron chi connectivity index (χ2n) is 6.10. The molecule has 1 aromatic heterocycles. The van der Waals surface area contributed by atoms with E-state index in [0.717, 1.165) is 6.42 Å². The normalized spacial score (nSPS) is 11.9. The Kier molecular flexibility index (Phi) is 8.09. The second-order valence-corrected chi connectivity index (χ2v) is 7.57. The fraction of sp³-hybridized carbons (Fsp3) is 0.368. The van der Waals surface area contributed by atoms with E-state index in [1.807, 2.05) is 17.5 Å². The Hall–Kier alpha value is -2.09. The number of carbonyl (C=O) groups excluding carboxylic acids is 2. The van der Waals surface area contributed by atoms with E-state index in [9.17, 15) is 9.59 Å². The highest BCUT2D eigenvalue weighted by atomic mass is 35.5. The number of amides is 2. The van der Waals surface area contributed by atoms with Gasteiger partial charge in [0.15, 0.2) is 0 Å². The van der Waals surface area contributed by atoms with Crippen LogP contribution in [0.2, 0.25) is 5.02 Å². The van der Waals surface area contributed by atoms with Gasteiger partial charge in [0.1, 0.15) is 5.75 Å². The number of nitrogens with zero attached hydrogens (tertiary/aromatic N) is 1. The van der Waals surface area contributed by atoms with Crippen molar-refractivity contribution in [1.82, 2.24) is 10.2 Å². The topological polar surface area (TPSA) is 70.7 Å². The van der Waals surface area contributed by atoms with Crippen molar-refractivity contribution in [3.05, 3.63) is 45.6 Å². The van der Waals surface area contributed by atoms with Gasteiger partial charge < -0.3 is 15.4 Å². The molecule has 0 saturated heterocycles. The molecular formula is C19H24ClN3O3S. The van der Waals surface area contributed by atoms with Crippen molar-refractivity contribution in [3.8, 4) is 5.75 Å². The van der Waals surface area contributed by atoms with Crippen LogP contribution in [0.3, 0.4) is 0 Å². The molecule has 0 bridgehead atoms. The standard InChI is InChI=1S/C19H24ClN3O3S/c1-13(19(25)21-9-8-15-5-4-10-27-15)23(2)12-18(24)22-16-11-14(20)6-7-17(16)26-3/h4-7,10-11,13H,8-9,12H2,1-3H3,(H,21,25)(H,22,24)/t13-/m0/s1. The van der Waals surface area contributed by atoms with Crippen molar-refractivity contribution >= 4 is 40.4 Å². The molecule has 2 rings (SSSR count). The fourth-order valence-corrected chi connectivity index (χ4v) is 3.32. The molecule has 6 nitrogen and oxygen atoms in total. The molecular weight excluding hydrogens is 386 g/mol. The molecule has 0 fully saturated rings. The molecule has 0 spiro atoms. The molecule has 1 atom stereocenters. The van der Waals surface area contributed by atoms with Crippen LogP contribution >= 0.6 is 22.9 Å². The van der Waals surface area contributed by atoms with Gasteiger partial charge in [0.2, 0.25) is 11.8 Å². The van der Waals surface area contributed by atoms with Gasteiger partial charge in [0, 0.05) is 16.4 Å². The number of methoxy groups -OCH3 is 1. The number of ether oxygens (including phenoxy) is 1. The van der Waals surface area contributed by atoms with Gasteiger partial charge in [-0.3, -0.25) is 14.5 Å². The smallest absolute Gasteiger partial charge is 0.238 e. The van der Waals surface area contributed by atoms with Crippen molar-refractivity contribution in [2.75, 3.05) is 32.6 Å². The van der Waals surface area contributed by atoms with Crippen molar-refractivity contribution < 1.29 is 14.3 Å². The lowest BCUT2D eigenvalue weighted by atomic mass is 10.2. The lowest BCUT2D eigenvalue weighted by Gasteiger charge is -2.23. The SMILES string of the molecule is COc1ccc(Cl)cc1NC(=O)CN(C)[C@@H](C)C(=O)NCCc1cccs1. The first-order valence-corrected chi connectivity index (χ1v) is 9.80. The minimum absolute atomic E-state index is 0.0647. The van der Waals surface area contributed by atoms with Crippen LogP contribution in [0.15, 0.2) is 35.7 Å². The average Bonchev–Trinajstić information content (AvgIpc) is 3.14. The average molecular weight is 410 g/mol. The van der Waals surface area contributed by atoms with Gasteiger partial charge in [-0.05, 0) is 50.0 Å². The van der Waals surface area contributed by atoms with E-state index < -0.39 is 6.04 Å². The summed E-state index contributed by atoms with van der Waals surface area (Å²) in [5, 5.41) is 8.19. The number of likely N-dealkylation sites (N-methyl/N-ethyl adjacent to an activating group) is 1. The molecule has 0 aliphatic carbocycles. The Morgan fingerprint density at radius 1 is 1.33 bits per heavy atom. The number of hydrogen-bond acceptors (Lipinski definition) is 5. The Bertz CT molecular complexity index is 768. The number of anilines is 1. The van der Waals surface area contributed by atoms with Crippen molar-refractivity contribution in [3.63, 3.8) is 0 Å². The summed E-state index contributed by atoms with van der Waals surface area (Å²) in [5.41, 5.74) is 0.497. The Morgan fingerprint density at radius 2 is 2.11 bits per heavy atom. The third kappa shape index (κ3) is 6.53. The summed E-state index contributed by atoms with van der Waals surface area (Å²) in [5.74, 6) is 0.160. The molecule has 0 aliphatic heterocycles. The Balaban J connectivity index is 1.82. The Labute approximate surface area is 168 Å². The van der Waals surface area contributed by atoms with E-state index in [1.165, 1.54) is 12.0 Å². The van der Waals surface area contributed by atoms with Crippen LogP contribution in [0.25, 0.3) is 0 Å². The number of hydrogen-bond donors (Lipinski definition) is 2. The van der Waals surface area contributed by atoms with Gasteiger partial charge in [-0.2, -0.15) is 0 Å². The maximum absolute atomic E-state index is 12.3. The van der Waals surface area contributed by atoms with Crippen LogP contribution in [0, 0.1) is 0 Å². The van der Waals surface area contributed by atoms with Crippen LogP contribution in [0.1, 0.15) is 11.8 Å². The maximum atomic E-state index is 12.3. The van der Waals surface area contributed by atoms with Gasteiger partial charge in [0.25, 0.3) is 0 Å². The summed E-state index contributed by atoms with van der Waals surface area (Å²) < 4.78 is 5.22. The molecule has 0 unspecified atom stereocenters. The highest BCUT2D eigenvalue weighted by molar-refractivity contribution is 7.09. The first-order valence-electron chi connectivity index (χ1n) is 8.54. The summed E-state index contributed by atoms with van der Waals surface area (Å²) in [6.45, 7) is 2.41. The van der Waals surface area contributed by atoms with Gasteiger partial charge >= 0.3 is 0 Å². The van der Waals surface area contributed by atoms with Crippen LogP contribution in [-0.4, -0.2) is 50.0 Å². The first-order chi connectivity index (χ1) is 12.9. The fourth-order valence-electron chi connectivity index (χ4n) is 2.44. The van der Waals surface area contributed by atoms with E-state index in [0.29, 0.717) is 23.0 Å². The Morgan fingerprint density at radius 3 is 2.78 bits per heavy atom. The third-order valence-electron chi connectivity index (χ3n) is 4.12. The zero-order valence-corrected chi connectivity index (χ0v) is 17.2. The molecule has 0 radical (unpaired) electrons. The van der Waals surface area contributed by atoms with E-state index in [2.05, 4.69) is 10.6 Å². The number of rotatable bonds is 9. The van der Waals surface area contributed by atoms with Crippen molar-refractivity contribution in [1.29, 1.82) is 0 Å². The molecule has 0 saturated carbocycles. The van der Waals surface area contributed by atoms with Gasteiger partial charge in [-0.25, -0.2) is 0 Å². The van der Waals surface area contributed by atoms with E-state index >= 15 is 0 Å². The minimum Gasteiger partial charge on any atom is -0.495 e. The van der Waals surface area contributed by atoms with E-state index in [1.54, 1.807) is 48.4 Å². The number of nitrogens with one attached hydrogen (secondary N) is 2. The lowest BCUT2D eigenvalue weighted by Crippen LogP contribution is -2.46. The summed E-state index contributed by atoms with van der Waals surface area (Å²) >= 11 is 7.64. The summed E-state index contributed by atoms with van der Waals surface area (Å²) in [6.07, 6.45) is 0.800. The quantitative estimate of drug-likeness (QED) is 0.667. The number of thiophene rings is 1. The predicted octanol–water partition coefficient (Wildman–Crippen LogP) is 3.03. The van der Waals surface area contributed by atoms with E-state index in [-0.39, 0.29) is 18.4 Å². The van der Waals surface area contributed by atoms with Crippen molar-refractivity contribution in [2.24, 2.45) is 0 Å². The molecule has 1 heterocycles. The van der Waals surface area contributed by atoms with Crippen LogP contribution in [-0.2, 0) is 16.0 Å². The highest BCUT2D eigenvalue weighted by Crippen LogP contribution is 2.27. The van der Waals surface area contributed by atoms with E-state index in [4.69, 9.17) is 16.3 Å². The van der Waals surface area contributed by atoms with Gasteiger partial charge in [-0.15, -0.1) is 11.3 Å². The number of halogens is 1. The molecule has 27 heavy (non-hydrogen) atoms. The molecule has 146 valence electrons. The minimum atomic E-state index is -0.430. The lowest BCUT2D eigenvalue weighted by molar-refractivity contribution is -0.126. The largest absolute Gasteiger partial charge is 0.495 e. The number of carbonyl (C=O) groups is 2. The zero-order valence-electron chi connectivity index (χ0n) is 15.6. The zero-order chi connectivity index (χ0) is 19.8. The van der Waals surface area contributed by atoms with Crippen LogP contribution in [0.5, 0.6) is 5.75 Å². The highest BCUT2D eigenvalue weighted by Gasteiger charge is 2.20.